The van der Waals surface area contributed by atoms with Crippen LogP contribution < -0.4 is 9.21 Å². The van der Waals surface area contributed by atoms with E-state index in [1.165, 1.54) is 17.0 Å². The molecule has 3 aromatic rings. The summed E-state index contributed by atoms with van der Waals surface area (Å²) in [7, 11) is -4.13. The summed E-state index contributed by atoms with van der Waals surface area (Å²) in [5, 5.41) is 0.489. The van der Waals surface area contributed by atoms with Crippen molar-refractivity contribution in [1.82, 2.24) is 0 Å². The Bertz CT molecular complexity index is 1260. The Morgan fingerprint density at radius 2 is 1.50 bits per heavy atom. The maximum atomic E-state index is 13.4. The first kappa shape index (κ1) is 20.1. The summed E-state index contributed by atoms with van der Waals surface area (Å²) in [5.74, 6) is -0.334. The standard InChI is InChI=1S/C22H17ClN2O4S/c1-15-6-2-3-7-18(15)25-22(27)24(14-20(26)16-10-12-17(23)13-11-16)19-8-4-5-9-21(19)30(25,28)29/h2-13H,14H2,1H3. The second-order valence-electron chi connectivity index (χ2n) is 6.82. The lowest BCUT2D eigenvalue weighted by molar-refractivity contribution is 0.0999. The average molecular weight is 441 g/mol. The number of carbonyl (C=O) groups is 2. The molecule has 30 heavy (non-hydrogen) atoms. The fourth-order valence-corrected chi connectivity index (χ4v) is 5.14. The first-order valence-corrected chi connectivity index (χ1v) is 10.9. The van der Waals surface area contributed by atoms with Crippen molar-refractivity contribution in [2.75, 3.05) is 15.7 Å². The SMILES string of the molecule is Cc1ccccc1N1C(=O)N(CC(=O)c2ccc(Cl)cc2)c2ccccc2S1(=O)=O. The van der Waals surface area contributed by atoms with Crippen LogP contribution in [0.2, 0.25) is 5.02 Å². The predicted molar refractivity (Wildman–Crippen MR) is 116 cm³/mol. The normalized spacial score (nSPS) is 15.1. The van der Waals surface area contributed by atoms with E-state index in [9.17, 15) is 18.0 Å². The minimum absolute atomic E-state index is 0.0308. The number of fused-ring (bicyclic) bond motifs is 1. The van der Waals surface area contributed by atoms with Crippen molar-refractivity contribution in [2.45, 2.75) is 11.8 Å². The number of hydrogen-bond donors (Lipinski definition) is 0. The molecule has 0 saturated heterocycles. The number of benzene rings is 3. The molecule has 0 N–H and O–H groups in total. The van der Waals surface area contributed by atoms with Gasteiger partial charge in [-0.15, -0.1) is 0 Å². The molecule has 1 heterocycles. The molecule has 2 amide bonds. The molecule has 0 fully saturated rings. The van der Waals surface area contributed by atoms with E-state index in [1.807, 2.05) is 0 Å². The quantitative estimate of drug-likeness (QED) is 0.552. The number of halogens is 1. The highest BCUT2D eigenvalue weighted by Crippen LogP contribution is 2.38. The molecule has 0 atom stereocenters. The fraction of sp³-hybridized carbons (Fsp3) is 0.0909. The highest BCUT2D eigenvalue weighted by atomic mass is 35.5. The summed E-state index contributed by atoms with van der Waals surface area (Å²) in [4.78, 5) is 27.4. The van der Waals surface area contributed by atoms with Crippen molar-refractivity contribution in [1.29, 1.82) is 0 Å². The van der Waals surface area contributed by atoms with Gasteiger partial charge in [-0.25, -0.2) is 13.2 Å². The number of carbonyl (C=O) groups excluding carboxylic acids is 2. The zero-order valence-corrected chi connectivity index (χ0v) is 17.5. The molecule has 0 spiro atoms. The Hall–Kier alpha value is -3.16. The molecular weight excluding hydrogens is 424 g/mol. The predicted octanol–water partition coefficient (Wildman–Crippen LogP) is 4.67. The number of sulfonamides is 1. The molecular formula is C22H17ClN2O4S. The largest absolute Gasteiger partial charge is 0.343 e. The molecule has 0 aromatic heterocycles. The Morgan fingerprint density at radius 3 is 2.17 bits per heavy atom. The van der Waals surface area contributed by atoms with Gasteiger partial charge in [-0.2, -0.15) is 4.31 Å². The first-order chi connectivity index (χ1) is 14.3. The number of ketones is 1. The second-order valence-corrected chi connectivity index (χ2v) is 9.01. The van der Waals surface area contributed by atoms with Crippen LogP contribution >= 0.6 is 11.6 Å². The number of nitrogens with zero attached hydrogens (tertiary/aromatic N) is 2. The molecule has 0 radical (unpaired) electrons. The molecule has 1 aliphatic rings. The van der Waals surface area contributed by atoms with Gasteiger partial charge in [-0.3, -0.25) is 9.69 Å². The van der Waals surface area contributed by atoms with Gasteiger partial charge < -0.3 is 0 Å². The smallest absolute Gasteiger partial charge is 0.292 e. The minimum Gasteiger partial charge on any atom is -0.292 e. The Labute approximate surface area is 179 Å². The summed E-state index contributed by atoms with van der Waals surface area (Å²) in [6, 6.07) is 18.4. The van der Waals surface area contributed by atoms with Crippen LogP contribution in [-0.2, 0) is 10.0 Å². The van der Waals surface area contributed by atoms with Gasteiger partial charge in [-0.05, 0) is 55.0 Å². The summed E-state index contributed by atoms with van der Waals surface area (Å²) < 4.78 is 27.3. The van der Waals surface area contributed by atoms with E-state index >= 15 is 0 Å². The third-order valence-corrected chi connectivity index (χ3v) is 6.87. The molecule has 0 unspecified atom stereocenters. The van der Waals surface area contributed by atoms with E-state index in [4.69, 9.17) is 11.6 Å². The van der Waals surface area contributed by atoms with Crippen LogP contribution in [0.25, 0.3) is 0 Å². The molecule has 6 nitrogen and oxygen atoms in total. The highest BCUT2D eigenvalue weighted by molar-refractivity contribution is 7.94. The van der Waals surface area contributed by atoms with Crippen molar-refractivity contribution in [2.24, 2.45) is 0 Å². The topological polar surface area (TPSA) is 74.8 Å². The maximum Gasteiger partial charge on any atom is 0.343 e. The summed E-state index contributed by atoms with van der Waals surface area (Å²) in [6.07, 6.45) is 0. The van der Waals surface area contributed by atoms with Gasteiger partial charge in [0, 0.05) is 10.6 Å². The molecule has 3 aromatic carbocycles. The van der Waals surface area contributed by atoms with Crippen LogP contribution in [0.15, 0.2) is 77.7 Å². The molecule has 0 bridgehead atoms. The summed E-state index contributed by atoms with van der Waals surface area (Å²) >= 11 is 5.88. The highest BCUT2D eigenvalue weighted by Gasteiger charge is 2.43. The van der Waals surface area contributed by atoms with Gasteiger partial charge >= 0.3 is 6.03 Å². The van der Waals surface area contributed by atoms with Crippen molar-refractivity contribution in [3.8, 4) is 0 Å². The lowest BCUT2D eigenvalue weighted by atomic mass is 10.1. The van der Waals surface area contributed by atoms with Gasteiger partial charge in [-0.1, -0.05) is 41.9 Å². The molecule has 4 rings (SSSR count). The van der Waals surface area contributed by atoms with Gasteiger partial charge in [0.2, 0.25) is 0 Å². The zero-order chi connectivity index (χ0) is 21.5. The van der Waals surface area contributed by atoms with Gasteiger partial charge in [0.25, 0.3) is 10.0 Å². The minimum atomic E-state index is -4.13. The van der Waals surface area contributed by atoms with Crippen molar-refractivity contribution in [3.05, 3.63) is 88.9 Å². The van der Waals surface area contributed by atoms with E-state index in [0.717, 1.165) is 4.31 Å². The lowest BCUT2D eigenvalue weighted by Crippen LogP contribution is -2.52. The number of amides is 2. The van der Waals surface area contributed by atoms with Crippen molar-refractivity contribution in [3.63, 3.8) is 0 Å². The first-order valence-electron chi connectivity index (χ1n) is 9.11. The number of anilines is 2. The third kappa shape index (κ3) is 3.36. The third-order valence-electron chi connectivity index (χ3n) is 4.88. The lowest BCUT2D eigenvalue weighted by Gasteiger charge is -2.36. The van der Waals surface area contributed by atoms with Crippen LogP contribution in [0.5, 0.6) is 0 Å². The number of urea groups is 1. The molecule has 152 valence electrons. The van der Waals surface area contributed by atoms with E-state index in [-0.39, 0.29) is 28.6 Å². The van der Waals surface area contributed by atoms with Crippen LogP contribution in [0.1, 0.15) is 15.9 Å². The number of aryl methyl sites for hydroxylation is 1. The Morgan fingerprint density at radius 1 is 0.900 bits per heavy atom. The zero-order valence-electron chi connectivity index (χ0n) is 15.9. The van der Waals surface area contributed by atoms with Crippen molar-refractivity contribution >= 4 is 44.8 Å². The van der Waals surface area contributed by atoms with Gasteiger partial charge in [0.1, 0.15) is 4.90 Å². The fourth-order valence-electron chi connectivity index (χ4n) is 3.36. The number of para-hydroxylation sites is 2. The molecule has 8 heteroatoms. The average Bonchev–Trinajstić information content (AvgIpc) is 2.73. The van der Waals surface area contributed by atoms with Crippen LogP contribution in [0, 0.1) is 6.92 Å². The van der Waals surface area contributed by atoms with E-state index in [2.05, 4.69) is 0 Å². The maximum absolute atomic E-state index is 13.4. The Balaban J connectivity index is 1.82. The van der Waals surface area contributed by atoms with Gasteiger partial charge in [0.15, 0.2) is 5.78 Å². The summed E-state index contributed by atoms with van der Waals surface area (Å²) in [6.45, 7) is 1.41. The Kier molecular flexibility index (Phi) is 5.09. The number of hydrogen-bond acceptors (Lipinski definition) is 4. The number of Topliss-reactive ketones (excluding diaryl/α,β-unsaturated/α-hetero) is 1. The van der Waals surface area contributed by atoms with Crippen LogP contribution in [0.4, 0.5) is 16.2 Å². The van der Waals surface area contributed by atoms with Crippen LogP contribution in [0.3, 0.4) is 0 Å². The van der Waals surface area contributed by atoms with E-state index in [0.29, 0.717) is 16.1 Å². The van der Waals surface area contributed by atoms with E-state index in [1.54, 1.807) is 67.6 Å². The molecule has 1 aliphatic heterocycles. The van der Waals surface area contributed by atoms with Gasteiger partial charge in [0.05, 0.1) is 17.9 Å². The molecule has 0 aliphatic carbocycles. The second kappa shape index (κ2) is 7.59. The molecule has 0 saturated carbocycles. The van der Waals surface area contributed by atoms with E-state index < -0.39 is 16.1 Å². The monoisotopic (exact) mass is 440 g/mol. The summed E-state index contributed by atoms with van der Waals surface area (Å²) in [5.41, 5.74) is 1.42. The van der Waals surface area contributed by atoms with Crippen LogP contribution in [-0.4, -0.2) is 26.8 Å². The number of rotatable bonds is 4. The van der Waals surface area contributed by atoms with Crippen molar-refractivity contribution < 1.29 is 18.0 Å².